The maximum absolute atomic E-state index is 12.2. The van der Waals surface area contributed by atoms with Crippen LogP contribution in [0, 0.1) is 29.9 Å². The van der Waals surface area contributed by atoms with Crippen LogP contribution in [0.15, 0.2) is 0 Å². The van der Waals surface area contributed by atoms with Crippen molar-refractivity contribution in [3.63, 3.8) is 0 Å². The molecule has 1 heterocycles. The number of carbonyl (C=O) groups excluding carboxylic acids is 1. The molecule has 134 valence electrons. The Morgan fingerprint density at radius 2 is 2.00 bits per heavy atom. The van der Waals surface area contributed by atoms with Crippen LogP contribution < -0.4 is 5.32 Å². The Hall–Kier alpha value is -2.45. The van der Waals surface area contributed by atoms with Gasteiger partial charge in [-0.15, -0.1) is 0 Å². The molecule has 0 aliphatic rings. The third-order valence-corrected chi connectivity index (χ3v) is 4.29. The summed E-state index contributed by atoms with van der Waals surface area (Å²) in [6.45, 7) is 8.69. The molecule has 1 atom stereocenters. The number of nitrogens with zero attached hydrogens (tertiary/aromatic N) is 3. The Labute approximate surface area is 140 Å². The molecule has 0 aliphatic heterocycles. The number of carboxylic acid groups (broad SMARTS) is 1. The van der Waals surface area contributed by atoms with Crippen LogP contribution in [0.3, 0.4) is 0 Å². The zero-order chi connectivity index (χ0) is 18.7. The largest absolute Gasteiger partial charge is 0.481 e. The average Bonchev–Trinajstić information content (AvgIpc) is 2.69. The molecule has 0 fully saturated rings. The Kier molecular flexibility index (Phi) is 6.05. The molecule has 0 aromatic carbocycles. The SMILES string of the molecule is Cc1nn(CCC(=O)NC(C)(CC(=O)O)C(C)C)c(C)c1[N+](=O)[O-]. The molecule has 1 aromatic rings. The predicted molar refractivity (Wildman–Crippen MR) is 86.6 cm³/mol. The number of carboxylic acids is 1. The number of aryl methyl sites for hydroxylation is 2. The Morgan fingerprint density at radius 1 is 1.42 bits per heavy atom. The number of amides is 1. The van der Waals surface area contributed by atoms with Gasteiger partial charge in [-0.05, 0) is 26.7 Å². The summed E-state index contributed by atoms with van der Waals surface area (Å²) in [5.41, 5.74) is -0.212. The maximum Gasteiger partial charge on any atom is 0.312 e. The third-order valence-electron chi connectivity index (χ3n) is 4.29. The highest BCUT2D eigenvalue weighted by molar-refractivity contribution is 5.78. The predicted octanol–water partition coefficient (Wildman–Crippen LogP) is 1.80. The van der Waals surface area contributed by atoms with E-state index in [0.717, 1.165) is 0 Å². The molecule has 24 heavy (non-hydrogen) atoms. The number of rotatable bonds is 8. The van der Waals surface area contributed by atoms with E-state index in [1.54, 1.807) is 20.8 Å². The molecule has 1 rings (SSSR count). The molecule has 0 saturated carbocycles. The molecule has 0 radical (unpaired) electrons. The quantitative estimate of drug-likeness (QED) is 0.548. The zero-order valence-corrected chi connectivity index (χ0v) is 14.6. The normalized spacial score (nSPS) is 13.6. The fraction of sp³-hybridized carbons (Fsp3) is 0.667. The number of hydrogen-bond acceptors (Lipinski definition) is 5. The van der Waals surface area contributed by atoms with Crippen LogP contribution in [0.5, 0.6) is 0 Å². The molecular formula is C15H24N4O5. The van der Waals surface area contributed by atoms with Gasteiger partial charge in [-0.1, -0.05) is 13.8 Å². The summed E-state index contributed by atoms with van der Waals surface area (Å²) in [5, 5.41) is 26.8. The van der Waals surface area contributed by atoms with Crippen molar-refractivity contribution in [1.29, 1.82) is 0 Å². The van der Waals surface area contributed by atoms with Crippen molar-refractivity contribution in [3.8, 4) is 0 Å². The second kappa shape index (κ2) is 7.41. The van der Waals surface area contributed by atoms with Gasteiger partial charge < -0.3 is 10.4 Å². The molecule has 2 N–H and O–H groups in total. The van der Waals surface area contributed by atoms with Gasteiger partial charge in [0, 0.05) is 12.0 Å². The monoisotopic (exact) mass is 340 g/mol. The Bertz CT molecular complexity index is 653. The number of hydrogen-bond donors (Lipinski definition) is 2. The first-order chi connectivity index (χ1) is 11.0. The molecule has 9 nitrogen and oxygen atoms in total. The lowest BCUT2D eigenvalue weighted by atomic mass is 9.85. The summed E-state index contributed by atoms with van der Waals surface area (Å²) in [5.74, 6) is -1.37. The van der Waals surface area contributed by atoms with E-state index in [-0.39, 0.29) is 36.9 Å². The topological polar surface area (TPSA) is 127 Å². The molecule has 0 saturated heterocycles. The first-order valence-electron chi connectivity index (χ1n) is 7.69. The van der Waals surface area contributed by atoms with Gasteiger partial charge in [-0.25, -0.2) is 0 Å². The van der Waals surface area contributed by atoms with Gasteiger partial charge in [-0.3, -0.25) is 24.4 Å². The Morgan fingerprint density at radius 3 is 2.42 bits per heavy atom. The van der Waals surface area contributed by atoms with Crippen LogP contribution in [0.2, 0.25) is 0 Å². The highest BCUT2D eigenvalue weighted by atomic mass is 16.6. The average molecular weight is 340 g/mol. The summed E-state index contributed by atoms with van der Waals surface area (Å²) < 4.78 is 1.43. The minimum Gasteiger partial charge on any atom is -0.481 e. The van der Waals surface area contributed by atoms with E-state index in [2.05, 4.69) is 10.4 Å². The van der Waals surface area contributed by atoms with Gasteiger partial charge in [0.2, 0.25) is 5.91 Å². The van der Waals surface area contributed by atoms with Crippen LogP contribution in [0.25, 0.3) is 0 Å². The van der Waals surface area contributed by atoms with Crippen LogP contribution in [-0.4, -0.2) is 37.2 Å². The highest BCUT2D eigenvalue weighted by Crippen LogP contribution is 2.23. The lowest BCUT2D eigenvalue weighted by Gasteiger charge is -2.33. The summed E-state index contributed by atoms with van der Waals surface area (Å²) in [4.78, 5) is 33.7. The van der Waals surface area contributed by atoms with Crippen LogP contribution >= 0.6 is 0 Å². The van der Waals surface area contributed by atoms with Crippen LogP contribution in [0.4, 0.5) is 5.69 Å². The first-order valence-corrected chi connectivity index (χ1v) is 7.69. The maximum atomic E-state index is 12.2. The van der Waals surface area contributed by atoms with E-state index in [1.807, 2.05) is 13.8 Å². The van der Waals surface area contributed by atoms with Crippen LogP contribution in [-0.2, 0) is 16.1 Å². The van der Waals surface area contributed by atoms with Crippen molar-refractivity contribution < 1.29 is 19.6 Å². The lowest BCUT2D eigenvalue weighted by Crippen LogP contribution is -2.51. The second-order valence-electron chi connectivity index (χ2n) is 6.44. The van der Waals surface area contributed by atoms with Crippen molar-refractivity contribution in [2.45, 2.75) is 59.5 Å². The third kappa shape index (κ3) is 4.53. The summed E-state index contributed by atoms with van der Waals surface area (Å²) in [7, 11) is 0. The van der Waals surface area contributed by atoms with E-state index in [1.165, 1.54) is 4.68 Å². The molecule has 9 heteroatoms. The van der Waals surface area contributed by atoms with Gasteiger partial charge in [-0.2, -0.15) is 5.10 Å². The van der Waals surface area contributed by atoms with Crippen molar-refractivity contribution >= 4 is 17.6 Å². The number of nitrogens with one attached hydrogen (secondary N) is 1. The van der Waals surface area contributed by atoms with E-state index in [4.69, 9.17) is 5.11 Å². The summed E-state index contributed by atoms with van der Waals surface area (Å²) in [6, 6.07) is 0. The number of carbonyl (C=O) groups is 2. The van der Waals surface area contributed by atoms with Gasteiger partial charge >= 0.3 is 11.7 Å². The van der Waals surface area contributed by atoms with Crippen LogP contribution in [0.1, 0.15) is 45.0 Å². The van der Waals surface area contributed by atoms with E-state index < -0.39 is 16.4 Å². The van der Waals surface area contributed by atoms with Gasteiger partial charge in [0.15, 0.2) is 0 Å². The van der Waals surface area contributed by atoms with Crippen molar-refractivity contribution in [3.05, 3.63) is 21.5 Å². The van der Waals surface area contributed by atoms with Gasteiger partial charge in [0.1, 0.15) is 11.4 Å². The number of nitro groups is 1. The zero-order valence-electron chi connectivity index (χ0n) is 14.6. The van der Waals surface area contributed by atoms with E-state index in [0.29, 0.717) is 11.4 Å². The standard InChI is InChI=1S/C15H24N4O5/c1-9(2)15(5,8-13(21)22)16-12(20)6-7-18-11(4)14(19(23)24)10(3)17-18/h9H,6-8H2,1-5H3,(H,16,20)(H,21,22). The molecule has 0 spiro atoms. The van der Waals surface area contributed by atoms with E-state index in [9.17, 15) is 19.7 Å². The molecule has 1 unspecified atom stereocenters. The van der Waals surface area contributed by atoms with Crippen molar-refractivity contribution in [2.75, 3.05) is 0 Å². The number of aliphatic carboxylic acids is 1. The van der Waals surface area contributed by atoms with Gasteiger partial charge in [0.05, 0.1) is 17.9 Å². The molecule has 1 amide bonds. The van der Waals surface area contributed by atoms with E-state index >= 15 is 0 Å². The molecule has 0 aliphatic carbocycles. The second-order valence-corrected chi connectivity index (χ2v) is 6.44. The molecular weight excluding hydrogens is 316 g/mol. The highest BCUT2D eigenvalue weighted by Gasteiger charge is 2.32. The fourth-order valence-corrected chi connectivity index (χ4v) is 2.46. The summed E-state index contributed by atoms with van der Waals surface area (Å²) >= 11 is 0. The first kappa shape index (κ1) is 19.6. The van der Waals surface area contributed by atoms with Crippen molar-refractivity contribution in [1.82, 2.24) is 15.1 Å². The van der Waals surface area contributed by atoms with Crippen molar-refractivity contribution in [2.24, 2.45) is 5.92 Å². The molecule has 1 aromatic heterocycles. The fourth-order valence-electron chi connectivity index (χ4n) is 2.46. The minimum absolute atomic E-state index is 0.0479. The summed E-state index contributed by atoms with van der Waals surface area (Å²) in [6.07, 6.45) is -0.122. The number of aromatic nitrogens is 2. The lowest BCUT2D eigenvalue weighted by molar-refractivity contribution is -0.386. The Balaban J connectivity index is 2.78. The molecule has 0 bridgehead atoms. The van der Waals surface area contributed by atoms with Gasteiger partial charge in [0.25, 0.3) is 0 Å². The smallest absolute Gasteiger partial charge is 0.312 e. The minimum atomic E-state index is -0.985.